The van der Waals surface area contributed by atoms with Gasteiger partial charge in [0.05, 0.1) is 17.9 Å². The highest BCUT2D eigenvalue weighted by atomic mass is 16.2. The summed E-state index contributed by atoms with van der Waals surface area (Å²) in [7, 11) is 2.09. The Balaban J connectivity index is 2.57. The third-order valence-corrected chi connectivity index (χ3v) is 3.70. The lowest BCUT2D eigenvalue weighted by Gasteiger charge is -2.26. The fourth-order valence-corrected chi connectivity index (χ4v) is 2.55. The van der Waals surface area contributed by atoms with Gasteiger partial charge < -0.3 is 15.5 Å². The van der Waals surface area contributed by atoms with Gasteiger partial charge in [-0.3, -0.25) is 4.79 Å². The third-order valence-electron chi connectivity index (χ3n) is 3.70. The molecule has 1 heterocycles. The van der Waals surface area contributed by atoms with Crippen LogP contribution in [0.25, 0.3) is 0 Å². The molecule has 0 spiro atoms. The van der Waals surface area contributed by atoms with Crippen LogP contribution in [0.3, 0.4) is 0 Å². The van der Waals surface area contributed by atoms with Gasteiger partial charge in [-0.25, -0.2) is 0 Å². The number of benzene rings is 1. The van der Waals surface area contributed by atoms with Crippen LogP contribution in [0.1, 0.15) is 17.5 Å². The Bertz CT molecular complexity index is 470. The van der Waals surface area contributed by atoms with Gasteiger partial charge in [0.15, 0.2) is 0 Å². The summed E-state index contributed by atoms with van der Waals surface area (Å²) in [5.74, 6) is -0.00481. The van der Waals surface area contributed by atoms with Crippen molar-refractivity contribution in [1.29, 1.82) is 0 Å². The molecule has 0 bridgehead atoms. The maximum Gasteiger partial charge on any atom is 0.240 e. The van der Waals surface area contributed by atoms with Crippen molar-refractivity contribution in [2.24, 2.45) is 5.73 Å². The molecule has 1 aromatic rings. The first-order valence-electron chi connectivity index (χ1n) is 6.38. The molecule has 0 fully saturated rings. The highest BCUT2D eigenvalue weighted by Gasteiger charge is 2.24. The number of fused-ring (bicyclic) bond motifs is 1. The van der Waals surface area contributed by atoms with E-state index in [-0.39, 0.29) is 12.5 Å². The molecule has 0 saturated heterocycles. The summed E-state index contributed by atoms with van der Waals surface area (Å²) in [5.41, 5.74) is 10.2. The Hall–Kier alpha value is -1.55. The average Bonchev–Trinajstić information content (AvgIpc) is 2.52. The minimum atomic E-state index is -0.00481. The van der Waals surface area contributed by atoms with Gasteiger partial charge in [0.1, 0.15) is 0 Å². The van der Waals surface area contributed by atoms with Crippen molar-refractivity contribution >= 4 is 17.3 Å². The second-order valence-electron chi connectivity index (χ2n) is 4.90. The molecular weight excluding hydrogens is 226 g/mol. The van der Waals surface area contributed by atoms with Crippen LogP contribution in [0.2, 0.25) is 0 Å². The average molecular weight is 247 g/mol. The van der Waals surface area contributed by atoms with Crippen LogP contribution < -0.4 is 15.5 Å². The molecule has 0 aliphatic carbocycles. The minimum Gasteiger partial charge on any atom is -0.373 e. The Morgan fingerprint density at radius 1 is 1.33 bits per heavy atom. The first-order chi connectivity index (χ1) is 8.56. The van der Waals surface area contributed by atoms with E-state index < -0.39 is 0 Å². The SMILES string of the molecule is Cc1ccc2c(c1C)N(C)CCCN2C(=O)CN. The molecule has 0 aromatic heterocycles. The van der Waals surface area contributed by atoms with Crippen LogP contribution in [0.5, 0.6) is 0 Å². The van der Waals surface area contributed by atoms with Gasteiger partial charge >= 0.3 is 0 Å². The van der Waals surface area contributed by atoms with Gasteiger partial charge in [-0.15, -0.1) is 0 Å². The zero-order valence-corrected chi connectivity index (χ0v) is 11.4. The number of hydrogen-bond donors (Lipinski definition) is 1. The summed E-state index contributed by atoms with van der Waals surface area (Å²) in [4.78, 5) is 16.0. The molecule has 0 atom stereocenters. The molecule has 1 aromatic carbocycles. The fourth-order valence-electron chi connectivity index (χ4n) is 2.55. The van der Waals surface area contributed by atoms with Crippen molar-refractivity contribution in [2.45, 2.75) is 20.3 Å². The number of amides is 1. The summed E-state index contributed by atoms with van der Waals surface area (Å²) >= 11 is 0. The number of nitrogens with zero attached hydrogens (tertiary/aromatic N) is 2. The van der Waals surface area contributed by atoms with Crippen LogP contribution in [-0.2, 0) is 4.79 Å². The highest BCUT2D eigenvalue weighted by molar-refractivity contribution is 5.98. The van der Waals surface area contributed by atoms with Gasteiger partial charge in [0.25, 0.3) is 0 Å². The first-order valence-corrected chi connectivity index (χ1v) is 6.38. The summed E-state index contributed by atoms with van der Waals surface area (Å²) in [6.45, 7) is 5.99. The standard InChI is InChI=1S/C14H21N3O/c1-10-5-6-12-14(11(10)2)16(3)7-4-8-17(12)13(18)9-15/h5-6H,4,7-9,15H2,1-3H3. The molecule has 1 amide bonds. The van der Waals surface area contributed by atoms with E-state index in [0.717, 1.165) is 30.9 Å². The topological polar surface area (TPSA) is 49.6 Å². The van der Waals surface area contributed by atoms with Crippen LogP contribution in [0, 0.1) is 13.8 Å². The minimum absolute atomic E-state index is 0.00481. The summed E-state index contributed by atoms with van der Waals surface area (Å²) < 4.78 is 0. The Morgan fingerprint density at radius 2 is 2.06 bits per heavy atom. The summed E-state index contributed by atoms with van der Waals surface area (Å²) in [6.07, 6.45) is 0.968. The van der Waals surface area contributed by atoms with Crippen LogP contribution >= 0.6 is 0 Å². The molecule has 2 rings (SSSR count). The Labute approximate surface area is 108 Å². The van der Waals surface area contributed by atoms with Crippen molar-refractivity contribution in [1.82, 2.24) is 0 Å². The van der Waals surface area contributed by atoms with E-state index >= 15 is 0 Å². The first kappa shape index (κ1) is 12.9. The van der Waals surface area contributed by atoms with Gasteiger partial charge in [-0.05, 0) is 37.5 Å². The molecular formula is C14H21N3O. The van der Waals surface area contributed by atoms with Gasteiger partial charge in [0.2, 0.25) is 5.91 Å². The van der Waals surface area contributed by atoms with Gasteiger partial charge in [-0.2, -0.15) is 0 Å². The molecule has 1 aliphatic rings. The summed E-state index contributed by atoms with van der Waals surface area (Å²) in [6, 6.07) is 4.11. The van der Waals surface area contributed by atoms with Crippen molar-refractivity contribution in [2.75, 3.05) is 36.5 Å². The quantitative estimate of drug-likeness (QED) is 0.817. The van der Waals surface area contributed by atoms with E-state index in [9.17, 15) is 4.79 Å². The molecule has 0 unspecified atom stereocenters. The van der Waals surface area contributed by atoms with E-state index in [1.54, 1.807) is 0 Å². The smallest absolute Gasteiger partial charge is 0.240 e. The molecule has 1 aliphatic heterocycles. The van der Waals surface area contributed by atoms with Gasteiger partial charge in [0, 0.05) is 20.1 Å². The molecule has 0 radical (unpaired) electrons. The molecule has 0 saturated carbocycles. The number of hydrogen-bond acceptors (Lipinski definition) is 3. The number of nitrogens with two attached hydrogens (primary N) is 1. The number of anilines is 2. The van der Waals surface area contributed by atoms with E-state index in [0.29, 0.717) is 0 Å². The van der Waals surface area contributed by atoms with E-state index in [1.165, 1.54) is 11.1 Å². The monoisotopic (exact) mass is 247 g/mol. The van der Waals surface area contributed by atoms with E-state index in [4.69, 9.17) is 5.73 Å². The van der Waals surface area contributed by atoms with Crippen molar-refractivity contribution in [3.8, 4) is 0 Å². The largest absolute Gasteiger partial charge is 0.373 e. The number of carbonyl (C=O) groups excluding carboxylic acids is 1. The summed E-state index contributed by atoms with van der Waals surface area (Å²) in [5, 5.41) is 0. The Kier molecular flexibility index (Phi) is 3.57. The zero-order valence-electron chi connectivity index (χ0n) is 11.4. The van der Waals surface area contributed by atoms with Crippen molar-refractivity contribution < 1.29 is 4.79 Å². The third kappa shape index (κ3) is 2.08. The van der Waals surface area contributed by atoms with Crippen molar-refractivity contribution in [3.05, 3.63) is 23.3 Å². The lowest BCUT2D eigenvalue weighted by molar-refractivity contribution is -0.117. The maximum absolute atomic E-state index is 12.0. The second-order valence-corrected chi connectivity index (χ2v) is 4.90. The molecule has 98 valence electrons. The van der Waals surface area contributed by atoms with E-state index in [1.807, 2.05) is 11.0 Å². The van der Waals surface area contributed by atoms with Gasteiger partial charge in [-0.1, -0.05) is 6.07 Å². The lowest BCUT2D eigenvalue weighted by Crippen LogP contribution is -2.36. The second kappa shape index (κ2) is 4.98. The predicted molar refractivity (Wildman–Crippen MR) is 75.2 cm³/mol. The lowest BCUT2D eigenvalue weighted by atomic mass is 10.0. The number of carbonyl (C=O) groups is 1. The van der Waals surface area contributed by atoms with Crippen LogP contribution in [0.15, 0.2) is 12.1 Å². The zero-order chi connectivity index (χ0) is 13.3. The fraction of sp³-hybridized carbons (Fsp3) is 0.500. The number of aryl methyl sites for hydroxylation is 1. The predicted octanol–water partition coefficient (Wildman–Crippen LogP) is 1.44. The van der Waals surface area contributed by atoms with E-state index in [2.05, 4.69) is 31.9 Å². The molecule has 2 N–H and O–H groups in total. The Morgan fingerprint density at radius 3 is 2.72 bits per heavy atom. The normalized spacial score (nSPS) is 15.3. The number of rotatable bonds is 1. The maximum atomic E-state index is 12.0. The molecule has 4 nitrogen and oxygen atoms in total. The molecule has 18 heavy (non-hydrogen) atoms. The van der Waals surface area contributed by atoms with Crippen LogP contribution in [-0.4, -0.2) is 32.6 Å². The van der Waals surface area contributed by atoms with Crippen molar-refractivity contribution in [3.63, 3.8) is 0 Å². The highest BCUT2D eigenvalue weighted by Crippen LogP contribution is 2.36. The van der Waals surface area contributed by atoms with Crippen LogP contribution in [0.4, 0.5) is 11.4 Å². The molecule has 4 heteroatoms.